The molecule has 1 aliphatic carbocycles. The Balaban J connectivity index is 2.29. The van der Waals surface area contributed by atoms with Crippen molar-refractivity contribution >= 4 is 39.7 Å². The van der Waals surface area contributed by atoms with Gasteiger partial charge in [-0.05, 0) is 18.6 Å². The van der Waals surface area contributed by atoms with Crippen LogP contribution in [0.15, 0.2) is 4.90 Å². The molecule has 2 unspecified atom stereocenters. The third kappa shape index (κ3) is 1.99. The highest BCUT2D eigenvalue weighted by Gasteiger charge is 2.34. The summed E-state index contributed by atoms with van der Waals surface area (Å²) in [6.07, 6.45) is 3.13. The highest BCUT2D eigenvalue weighted by molar-refractivity contribution is 7.99. The summed E-state index contributed by atoms with van der Waals surface area (Å²) >= 11 is 2.90. The van der Waals surface area contributed by atoms with E-state index in [1.54, 1.807) is 11.8 Å². The van der Waals surface area contributed by atoms with Crippen molar-refractivity contribution in [3.05, 3.63) is 4.88 Å². The van der Waals surface area contributed by atoms with Gasteiger partial charge in [0.05, 0.1) is 10.6 Å². The predicted molar refractivity (Wildman–Crippen MR) is 70.2 cm³/mol. The number of primary amides is 1. The molecule has 1 aliphatic rings. The van der Waals surface area contributed by atoms with Crippen LogP contribution in [0, 0.1) is 5.92 Å². The second-order valence-electron chi connectivity index (χ2n) is 4.04. The Morgan fingerprint density at radius 1 is 1.62 bits per heavy atom. The summed E-state index contributed by atoms with van der Waals surface area (Å²) in [6, 6.07) is 0.518. The Kier molecular flexibility index (Phi) is 3.03. The van der Waals surface area contributed by atoms with Gasteiger partial charge in [0, 0.05) is 6.04 Å². The smallest absolute Gasteiger partial charge is 0.261 e. The van der Waals surface area contributed by atoms with Crippen LogP contribution >= 0.6 is 23.1 Å². The first-order valence-corrected chi connectivity index (χ1v) is 7.11. The molecule has 2 rings (SSSR count). The van der Waals surface area contributed by atoms with Crippen LogP contribution in [0.3, 0.4) is 0 Å². The Morgan fingerprint density at radius 2 is 2.25 bits per heavy atom. The first-order chi connectivity index (χ1) is 7.54. The predicted octanol–water partition coefficient (Wildman–Crippen LogP) is 1.97. The number of thioether (sulfide) groups is 1. The fourth-order valence-corrected chi connectivity index (χ4v) is 3.54. The molecule has 0 spiro atoms. The maximum atomic E-state index is 11.2. The molecule has 16 heavy (non-hydrogen) atoms. The summed E-state index contributed by atoms with van der Waals surface area (Å²) in [5, 5.41) is 4.39. The topological polar surface area (TPSA) is 81.1 Å². The molecule has 4 nitrogen and oxygen atoms in total. The van der Waals surface area contributed by atoms with E-state index in [1.165, 1.54) is 17.8 Å². The second-order valence-corrected chi connectivity index (χ2v) is 5.87. The van der Waals surface area contributed by atoms with E-state index in [0.717, 1.165) is 9.90 Å². The highest BCUT2D eigenvalue weighted by atomic mass is 32.2. The molecule has 1 saturated carbocycles. The third-order valence-corrected chi connectivity index (χ3v) is 4.87. The molecule has 1 amide bonds. The van der Waals surface area contributed by atoms with E-state index in [9.17, 15) is 4.79 Å². The molecule has 0 aromatic carbocycles. The molecule has 6 heteroatoms. The van der Waals surface area contributed by atoms with Crippen molar-refractivity contribution in [1.29, 1.82) is 0 Å². The summed E-state index contributed by atoms with van der Waals surface area (Å²) < 4.78 is 0. The first kappa shape index (κ1) is 11.6. The largest absolute Gasteiger partial charge is 0.396 e. The molecule has 0 saturated heterocycles. The van der Waals surface area contributed by atoms with Gasteiger partial charge in [-0.1, -0.05) is 6.92 Å². The molecule has 5 N–H and O–H groups in total. The van der Waals surface area contributed by atoms with E-state index in [-0.39, 0.29) is 0 Å². The maximum Gasteiger partial charge on any atom is 0.261 e. The quantitative estimate of drug-likeness (QED) is 0.720. The van der Waals surface area contributed by atoms with E-state index >= 15 is 0 Å². The van der Waals surface area contributed by atoms with Gasteiger partial charge in [0.15, 0.2) is 0 Å². The van der Waals surface area contributed by atoms with Crippen molar-refractivity contribution in [1.82, 2.24) is 0 Å². The van der Waals surface area contributed by atoms with Crippen molar-refractivity contribution in [2.75, 3.05) is 17.3 Å². The molecular weight excluding hydrogens is 242 g/mol. The summed E-state index contributed by atoms with van der Waals surface area (Å²) in [6.45, 7) is 2.20. The molecular formula is C10H15N3OS2. The Morgan fingerprint density at radius 3 is 2.69 bits per heavy atom. The van der Waals surface area contributed by atoms with E-state index < -0.39 is 5.91 Å². The number of nitrogens with one attached hydrogen (secondary N) is 1. The lowest BCUT2D eigenvalue weighted by atomic mass is 10.4. The van der Waals surface area contributed by atoms with Crippen molar-refractivity contribution < 1.29 is 4.79 Å². The SMILES string of the molecule is CSc1c(NC2CC2C)sc(C(N)=O)c1N. The minimum atomic E-state index is -0.449. The fourth-order valence-electron chi connectivity index (χ4n) is 1.60. The van der Waals surface area contributed by atoms with Crippen molar-refractivity contribution in [2.45, 2.75) is 24.3 Å². The van der Waals surface area contributed by atoms with Gasteiger partial charge in [-0.15, -0.1) is 23.1 Å². The van der Waals surface area contributed by atoms with E-state index in [0.29, 0.717) is 22.5 Å². The Labute approximate surface area is 103 Å². The van der Waals surface area contributed by atoms with Crippen LogP contribution in [0.1, 0.15) is 23.0 Å². The van der Waals surface area contributed by atoms with Gasteiger partial charge in [-0.25, -0.2) is 0 Å². The first-order valence-electron chi connectivity index (χ1n) is 5.07. The average Bonchev–Trinajstić information content (AvgIpc) is 2.79. The zero-order chi connectivity index (χ0) is 11.9. The summed E-state index contributed by atoms with van der Waals surface area (Å²) in [4.78, 5) is 12.6. The standard InChI is InChI=1S/C10H15N3OS2/c1-4-3-5(4)13-10-8(15-2)6(11)7(16-10)9(12)14/h4-5,13H,3,11H2,1-2H3,(H2,12,14). The molecule has 1 aromatic rings. The lowest BCUT2D eigenvalue weighted by molar-refractivity contribution is 0.100. The zero-order valence-corrected chi connectivity index (χ0v) is 10.9. The number of hydrogen-bond acceptors (Lipinski definition) is 5. The molecule has 1 aromatic heterocycles. The summed E-state index contributed by atoms with van der Waals surface area (Å²) in [5.74, 6) is 0.254. The number of nitrogens with two attached hydrogens (primary N) is 2. The van der Waals surface area contributed by atoms with Crippen LogP contribution in [0.5, 0.6) is 0 Å². The monoisotopic (exact) mass is 257 g/mol. The second kappa shape index (κ2) is 4.18. The van der Waals surface area contributed by atoms with Crippen LogP contribution in [0.4, 0.5) is 10.7 Å². The molecule has 0 aliphatic heterocycles. The molecule has 1 fully saturated rings. The van der Waals surface area contributed by atoms with E-state index in [4.69, 9.17) is 11.5 Å². The molecule has 1 heterocycles. The number of rotatable bonds is 4. The number of carbonyl (C=O) groups excluding carboxylic acids is 1. The number of thiophene rings is 1. The number of carbonyl (C=O) groups is 1. The lowest BCUT2D eigenvalue weighted by Gasteiger charge is -2.04. The normalized spacial score (nSPS) is 23.1. The van der Waals surface area contributed by atoms with Gasteiger partial charge in [0.2, 0.25) is 0 Å². The minimum absolute atomic E-state index is 0.449. The molecule has 0 radical (unpaired) electrons. The number of amides is 1. The van der Waals surface area contributed by atoms with Crippen LogP contribution in [-0.4, -0.2) is 18.2 Å². The average molecular weight is 257 g/mol. The number of anilines is 2. The van der Waals surface area contributed by atoms with E-state index in [2.05, 4.69) is 12.2 Å². The van der Waals surface area contributed by atoms with Crippen LogP contribution in [0.25, 0.3) is 0 Å². The van der Waals surface area contributed by atoms with Crippen LogP contribution in [-0.2, 0) is 0 Å². The van der Waals surface area contributed by atoms with Crippen molar-refractivity contribution in [2.24, 2.45) is 11.7 Å². The van der Waals surface area contributed by atoms with Gasteiger partial charge in [-0.3, -0.25) is 4.79 Å². The summed E-state index contributed by atoms with van der Waals surface area (Å²) in [5.41, 5.74) is 11.7. The molecule has 88 valence electrons. The summed E-state index contributed by atoms with van der Waals surface area (Å²) in [7, 11) is 0. The van der Waals surface area contributed by atoms with E-state index in [1.807, 2.05) is 6.26 Å². The minimum Gasteiger partial charge on any atom is -0.396 e. The third-order valence-electron chi connectivity index (χ3n) is 2.75. The zero-order valence-electron chi connectivity index (χ0n) is 9.24. The number of hydrogen-bond donors (Lipinski definition) is 3. The van der Waals surface area contributed by atoms with Crippen LogP contribution < -0.4 is 16.8 Å². The van der Waals surface area contributed by atoms with Gasteiger partial charge < -0.3 is 16.8 Å². The molecule has 2 atom stereocenters. The molecule has 0 bridgehead atoms. The lowest BCUT2D eigenvalue weighted by Crippen LogP contribution is -2.10. The van der Waals surface area contributed by atoms with Gasteiger partial charge in [0.25, 0.3) is 5.91 Å². The maximum absolute atomic E-state index is 11.2. The van der Waals surface area contributed by atoms with Crippen molar-refractivity contribution in [3.63, 3.8) is 0 Å². The fraction of sp³-hybridized carbons (Fsp3) is 0.500. The van der Waals surface area contributed by atoms with Gasteiger partial charge in [0.1, 0.15) is 9.88 Å². The number of nitrogen functional groups attached to an aromatic ring is 1. The highest BCUT2D eigenvalue weighted by Crippen LogP contribution is 2.44. The van der Waals surface area contributed by atoms with Crippen LogP contribution in [0.2, 0.25) is 0 Å². The van der Waals surface area contributed by atoms with Gasteiger partial charge >= 0.3 is 0 Å². The van der Waals surface area contributed by atoms with Crippen molar-refractivity contribution in [3.8, 4) is 0 Å². The Hall–Kier alpha value is -0.880. The Bertz CT molecular complexity index is 430. The van der Waals surface area contributed by atoms with Gasteiger partial charge in [-0.2, -0.15) is 0 Å².